The highest BCUT2D eigenvalue weighted by Gasteiger charge is 2.13. The fraction of sp³-hybridized carbons (Fsp3) is 0.235. The molecule has 0 saturated heterocycles. The molecule has 0 fully saturated rings. The first-order valence-electron chi connectivity index (χ1n) is 6.89. The molecule has 2 rings (SSSR count). The van der Waals surface area contributed by atoms with Crippen molar-refractivity contribution >= 4 is 6.03 Å². The van der Waals surface area contributed by atoms with E-state index in [0.29, 0.717) is 13.1 Å². The van der Waals surface area contributed by atoms with Crippen LogP contribution in [0.25, 0.3) is 0 Å². The zero-order valence-corrected chi connectivity index (χ0v) is 12.2. The fourth-order valence-electron chi connectivity index (χ4n) is 2.05. The Bertz CT molecular complexity index is 502. The Hall–Kier alpha value is -2.33. The van der Waals surface area contributed by atoms with E-state index in [4.69, 9.17) is 4.74 Å². The summed E-state index contributed by atoms with van der Waals surface area (Å²) >= 11 is 0. The van der Waals surface area contributed by atoms with Crippen LogP contribution in [0.3, 0.4) is 0 Å². The van der Waals surface area contributed by atoms with E-state index >= 15 is 0 Å². The molecule has 0 aliphatic rings. The van der Waals surface area contributed by atoms with E-state index in [1.807, 2.05) is 60.7 Å². The Morgan fingerprint density at radius 2 is 1.43 bits per heavy atom. The molecule has 0 heterocycles. The maximum Gasteiger partial charge on any atom is 0.319 e. The first-order chi connectivity index (χ1) is 10.3. The van der Waals surface area contributed by atoms with Crippen molar-refractivity contribution in [3.8, 4) is 0 Å². The van der Waals surface area contributed by atoms with Gasteiger partial charge in [-0.2, -0.15) is 0 Å². The van der Waals surface area contributed by atoms with Crippen molar-refractivity contribution in [1.82, 2.24) is 10.2 Å². The second-order valence-corrected chi connectivity index (χ2v) is 4.74. The van der Waals surface area contributed by atoms with Crippen LogP contribution in [0.5, 0.6) is 0 Å². The summed E-state index contributed by atoms with van der Waals surface area (Å²) in [6.45, 7) is 1.33. The summed E-state index contributed by atoms with van der Waals surface area (Å²) in [5.41, 5.74) is 2.20. The standard InChI is InChI=1S/C17H20N2O2/c1-21-14-18-17(20)19(12-15-8-4-2-5-9-15)13-16-10-6-3-7-11-16/h2-11H,12-14H2,1H3,(H,18,20). The van der Waals surface area contributed by atoms with Gasteiger partial charge in [-0.25, -0.2) is 4.79 Å². The lowest BCUT2D eigenvalue weighted by molar-refractivity contribution is 0.150. The zero-order chi connectivity index (χ0) is 14.9. The van der Waals surface area contributed by atoms with Gasteiger partial charge in [0.25, 0.3) is 0 Å². The van der Waals surface area contributed by atoms with Crippen LogP contribution in [-0.4, -0.2) is 24.8 Å². The van der Waals surface area contributed by atoms with E-state index in [1.54, 1.807) is 12.0 Å². The Morgan fingerprint density at radius 3 is 1.86 bits per heavy atom. The summed E-state index contributed by atoms with van der Waals surface area (Å²) in [4.78, 5) is 14.0. The van der Waals surface area contributed by atoms with Gasteiger partial charge in [-0.15, -0.1) is 0 Å². The molecule has 0 aliphatic heterocycles. The lowest BCUT2D eigenvalue weighted by atomic mass is 10.2. The second-order valence-electron chi connectivity index (χ2n) is 4.74. The molecule has 2 aromatic rings. The maximum absolute atomic E-state index is 12.2. The van der Waals surface area contributed by atoms with E-state index in [9.17, 15) is 4.79 Å². The van der Waals surface area contributed by atoms with Crippen LogP contribution in [0.4, 0.5) is 4.79 Å². The van der Waals surface area contributed by atoms with E-state index in [0.717, 1.165) is 11.1 Å². The molecule has 0 unspecified atom stereocenters. The van der Waals surface area contributed by atoms with Crippen molar-refractivity contribution in [2.75, 3.05) is 13.8 Å². The third-order valence-electron chi connectivity index (χ3n) is 3.09. The van der Waals surface area contributed by atoms with E-state index < -0.39 is 0 Å². The van der Waals surface area contributed by atoms with Crippen molar-refractivity contribution in [3.05, 3.63) is 71.8 Å². The number of carbonyl (C=O) groups excluding carboxylic acids is 1. The predicted molar refractivity (Wildman–Crippen MR) is 82.5 cm³/mol. The molecule has 0 aliphatic carbocycles. The van der Waals surface area contributed by atoms with Crippen LogP contribution in [0.1, 0.15) is 11.1 Å². The molecule has 2 amide bonds. The Kier molecular flexibility index (Phi) is 5.79. The van der Waals surface area contributed by atoms with Crippen molar-refractivity contribution in [1.29, 1.82) is 0 Å². The SMILES string of the molecule is COCNC(=O)N(Cc1ccccc1)Cc1ccccc1. The molecule has 4 heteroatoms. The lowest BCUT2D eigenvalue weighted by Gasteiger charge is -2.23. The molecule has 1 N–H and O–H groups in total. The van der Waals surface area contributed by atoms with Crippen molar-refractivity contribution in [3.63, 3.8) is 0 Å². The van der Waals surface area contributed by atoms with Gasteiger partial charge in [0.15, 0.2) is 0 Å². The Labute approximate surface area is 125 Å². The Balaban J connectivity index is 2.08. The average molecular weight is 284 g/mol. The monoisotopic (exact) mass is 284 g/mol. The fourth-order valence-corrected chi connectivity index (χ4v) is 2.05. The molecule has 2 aromatic carbocycles. The predicted octanol–water partition coefficient (Wildman–Crippen LogP) is 3.00. The highest BCUT2D eigenvalue weighted by atomic mass is 16.5. The smallest absolute Gasteiger partial charge is 0.319 e. The highest BCUT2D eigenvalue weighted by molar-refractivity contribution is 5.74. The molecular formula is C17H20N2O2. The van der Waals surface area contributed by atoms with Gasteiger partial charge in [0, 0.05) is 20.2 Å². The van der Waals surface area contributed by atoms with Crippen LogP contribution in [-0.2, 0) is 17.8 Å². The van der Waals surface area contributed by atoms with Crippen LogP contribution in [0, 0.1) is 0 Å². The van der Waals surface area contributed by atoms with Crippen LogP contribution >= 0.6 is 0 Å². The maximum atomic E-state index is 12.2. The van der Waals surface area contributed by atoms with Gasteiger partial charge in [-0.3, -0.25) is 0 Å². The topological polar surface area (TPSA) is 41.6 Å². The van der Waals surface area contributed by atoms with Gasteiger partial charge in [0.2, 0.25) is 0 Å². The molecular weight excluding hydrogens is 264 g/mol. The van der Waals surface area contributed by atoms with Crippen molar-refractivity contribution in [2.24, 2.45) is 0 Å². The molecule has 0 radical (unpaired) electrons. The van der Waals surface area contributed by atoms with Gasteiger partial charge in [-0.05, 0) is 11.1 Å². The van der Waals surface area contributed by atoms with E-state index in [2.05, 4.69) is 5.32 Å². The van der Waals surface area contributed by atoms with Gasteiger partial charge in [0.05, 0.1) is 0 Å². The number of benzene rings is 2. The summed E-state index contributed by atoms with van der Waals surface area (Å²) in [6.07, 6.45) is 0. The summed E-state index contributed by atoms with van der Waals surface area (Å²) in [7, 11) is 1.55. The summed E-state index contributed by atoms with van der Waals surface area (Å²) in [5, 5.41) is 2.74. The van der Waals surface area contributed by atoms with Crippen LogP contribution in [0.15, 0.2) is 60.7 Å². The number of carbonyl (C=O) groups is 1. The lowest BCUT2D eigenvalue weighted by Crippen LogP contribution is -2.39. The third-order valence-corrected chi connectivity index (χ3v) is 3.09. The summed E-state index contributed by atoms with van der Waals surface area (Å²) < 4.78 is 4.90. The molecule has 0 aromatic heterocycles. The number of nitrogens with one attached hydrogen (secondary N) is 1. The molecule has 0 spiro atoms. The van der Waals surface area contributed by atoms with Crippen molar-refractivity contribution in [2.45, 2.75) is 13.1 Å². The third kappa shape index (κ3) is 4.93. The molecule has 0 saturated carbocycles. The van der Waals surface area contributed by atoms with Gasteiger partial charge in [0.1, 0.15) is 6.73 Å². The number of rotatable bonds is 6. The number of methoxy groups -OCH3 is 1. The normalized spacial score (nSPS) is 10.1. The van der Waals surface area contributed by atoms with Gasteiger partial charge < -0.3 is 15.0 Å². The average Bonchev–Trinajstić information content (AvgIpc) is 2.54. The largest absolute Gasteiger partial charge is 0.364 e. The first-order valence-corrected chi connectivity index (χ1v) is 6.89. The first kappa shape index (κ1) is 15.1. The van der Waals surface area contributed by atoms with Crippen LogP contribution in [0.2, 0.25) is 0 Å². The minimum absolute atomic E-state index is 0.135. The number of hydrogen-bond acceptors (Lipinski definition) is 2. The minimum atomic E-state index is -0.135. The molecule has 0 bridgehead atoms. The minimum Gasteiger partial charge on any atom is -0.364 e. The second kappa shape index (κ2) is 8.07. The van der Waals surface area contributed by atoms with E-state index in [1.165, 1.54) is 0 Å². The number of hydrogen-bond donors (Lipinski definition) is 1. The molecule has 4 nitrogen and oxygen atoms in total. The zero-order valence-electron chi connectivity index (χ0n) is 12.2. The molecule has 21 heavy (non-hydrogen) atoms. The van der Waals surface area contributed by atoms with E-state index in [-0.39, 0.29) is 12.8 Å². The number of ether oxygens (including phenoxy) is 1. The summed E-state index contributed by atoms with van der Waals surface area (Å²) in [5.74, 6) is 0. The molecule has 110 valence electrons. The van der Waals surface area contributed by atoms with Crippen LogP contribution < -0.4 is 5.32 Å². The highest BCUT2D eigenvalue weighted by Crippen LogP contribution is 2.10. The Morgan fingerprint density at radius 1 is 0.952 bits per heavy atom. The van der Waals surface area contributed by atoms with Crippen molar-refractivity contribution < 1.29 is 9.53 Å². The number of nitrogens with zero attached hydrogens (tertiary/aromatic N) is 1. The summed E-state index contributed by atoms with van der Waals surface area (Å²) in [6, 6.07) is 19.8. The van der Waals surface area contributed by atoms with Gasteiger partial charge in [-0.1, -0.05) is 60.7 Å². The number of urea groups is 1. The van der Waals surface area contributed by atoms with Gasteiger partial charge >= 0.3 is 6.03 Å². The molecule has 0 atom stereocenters. The number of amides is 2. The quantitative estimate of drug-likeness (QED) is 0.829.